The van der Waals surface area contributed by atoms with Crippen molar-refractivity contribution in [2.75, 3.05) is 5.32 Å². The number of amides is 1. The van der Waals surface area contributed by atoms with Crippen molar-refractivity contribution in [3.8, 4) is 0 Å². The van der Waals surface area contributed by atoms with Gasteiger partial charge in [0.25, 0.3) is 5.91 Å². The van der Waals surface area contributed by atoms with E-state index in [0.717, 1.165) is 31.7 Å². The normalized spacial score (nSPS) is 11.0. The molecule has 1 N–H and O–H groups in total. The third kappa shape index (κ3) is 4.01. The van der Waals surface area contributed by atoms with Gasteiger partial charge in [0.15, 0.2) is 10.0 Å². The van der Waals surface area contributed by atoms with E-state index in [1.54, 1.807) is 40.0 Å². The molecule has 6 nitrogen and oxygen atoms in total. The quantitative estimate of drug-likeness (QED) is 0.511. The maximum atomic E-state index is 12.4. The van der Waals surface area contributed by atoms with Gasteiger partial charge in [-0.25, -0.2) is 4.98 Å². The molecule has 0 radical (unpaired) electrons. The fraction of sp³-hybridized carbons (Fsp3) is 0.158. The van der Waals surface area contributed by atoms with Crippen LogP contribution in [-0.2, 0) is 12.8 Å². The standard InChI is InChI=1S/C19H17N5OS2/c1-12-8-16(23-24(12)2)18(25)21-14-5-6-15-17(9-14)27-19(22-15)26-11-13-4-3-7-20-10-13/h3-10H,11H2,1-2H3,(H,21,25). The van der Waals surface area contributed by atoms with Crippen molar-refractivity contribution in [2.45, 2.75) is 17.0 Å². The summed E-state index contributed by atoms with van der Waals surface area (Å²) in [6.45, 7) is 1.91. The topological polar surface area (TPSA) is 72.7 Å². The lowest BCUT2D eigenvalue weighted by Crippen LogP contribution is -2.12. The summed E-state index contributed by atoms with van der Waals surface area (Å²) in [4.78, 5) is 21.2. The van der Waals surface area contributed by atoms with E-state index >= 15 is 0 Å². The molecule has 136 valence electrons. The second-order valence-electron chi connectivity index (χ2n) is 6.06. The van der Waals surface area contributed by atoms with E-state index in [1.165, 1.54) is 5.56 Å². The molecule has 0 atom stereocenters. The third-order valence-electron chi connectivity index (χ3n) is 4.06. The minimum absolute atomic E-state index is 0.214. The molecule has 0 aliphatic heterocycles. The molecule has 27 heavy (non-hydrogen) atoms. The number of fused-ring (bicyclic) bond motifs is 1. The van der Waals surface area contributed by atoms with Crippen molar-refractivity contribution in [2.24, 2.45) is 7.05 Å². The molecule has 3 aromatic heterocycles. The fourth-order valence-corrected chi connectivity index (χ4v) is 4.58. The highest BCUT2D eigenvalue weighted by Crippen LogP contribution is 2.32. The predicted octanol–water partition coefficient (Wildman–Crippen LogP) is 4.28. The van der Waals surface area contributed by atoms with Gasteiger partial charge in [-0.15, -0.1) is 11.3 Å². The van der Waals surface area contributed by atoms with Crippen LogP contribution < -0.4 is 5.32 Å². The van der Waals surface area contributed by atoms with Gasteiger partial charge in [-0.05, 0) is 42.8 Å². The molecule has 8 heteroatoms. The van der Waals surface area contributed by atoms with Gasteiger partial charge in [-0.3, -0.25) is 14.5 Å². The van der Waals surface area contributed by atoms with E-state index in [1.807, 2.05) is 44.4 Å². The van der Waals surface area contributed by atoms with Crippen molar-refractivity contribution in [3.63, 3.8) is 0 Å². The average molecular weight is 396 g/mol. The largest absolute Gasteiger partial charge is 0.321 e. The molecule has 0 spiro atoms. The number of thiazole rings is 1. The first-order valence-corrected chi connectivity index (χ1v) is 10.1. The second-order valence-corrected chi connectivity index (χ2v) is 8.31. The van der Waals surface area contributed by atoms with Crippen molar-refractivity contribution in [3.05, 3.63) is 65.7 Å². The van der Waals surface area contributed by atoms with Crippen molar-refractivity contribution in [1.29, 1.82) is 0 Å². The summed E-state index contributed by atoms with van der Waals surface area (Å²) in [5.74, 6) is 0.616. The lowest BCUT2D eigenvalue weighted by molar-refractivity contribution is 0.102. The predicted molar refractivity (Wildman–Crippen MR) is 109 cm³/mol. The number of aromatic nitrogens is 4. The number of nitrogens with zero attached hydrogens (tertiary/aromatic N) is 4. The molecule has 1 amide bonds. The van der Waals surface area contributed by atoms with Crippen LogP contribution >= 0.6 is 23.1 Å². The van der Waals surface area contributed by atoms with E-state index in [2.05, 4.69) is 26.4 Å². The SMILES string of the molecule is Cc1cc(C(=O)Nc2ccc3nc(SCc4cccnc4)sc3c2)nn1C. The minimum Gasteiger partial charge on any atom is -0.321 e. The summed E-state index contributed by atoms with van der Waals surface area (Å²) in [6, 6.07) is 11.5. The molecule has 4 aromatic rings. The summed E-state index contributed by atoms with van der Waals surface area (Å²) < 4.78 is 3.73. The number of carbonyl (C=O) groups is 1. The summed E-state index contributed by atoms with van der Waals surface area (Å²) in [5, 5.41) is 7.12. The van der Waals surface area contributed by atoms with Gasteiger partial charge in [-0.2, -0.15) is 5.10 Å². The van der Waals surface area contributed by atoms with Crippen LogP contribution in [0.25, 0.3) is 10.2 Å². The zero-order chi connectivity index (χ0) is 18.8. The molecular weight excluding hydrogens is 378 g/mol. The number of pyridine rings is 1. The van der Waals surface area contributed by atoms with Gasteiger partial charge in [0.2, 0.25) is 0 Å². The number of anilines is 1. The zero-order valence-electron chi connectivity index (χ0n) is 14.8. The maximum Gasteiger partial charge on any atom is 0.276 e. The first kappa shape index (κ1) is 17.7. The molecular formula is C19H17N5OS2. The summed E-state index contributed by atoms with van der Waals surface area (Å²) in [5.41, 5.74) is 4.18. The monoisotopic (exact) mass is 395 g/mol. The van der Waals surface area contributed by atoms with Crippen LogP contribution in [0.15, 0.2) is 53.1 Å². The number of hydrogen-bond acceptors (Lipinski definition) is 6. The van der Waals surface area contributed by atoms with Crippen LogP contribution in [0.3, 0.4) is 0 Å². The van der Waals surface area contributed by atoms with Crippen LogP contribution in [0.5, 0.6) is 0 Å². The Hall–Kier alpha value is -2.71. The lowest BCUT2D eigenvalue weighted by Gasteiger charge is -2.02. The number of hydrogen-bond donors (Lipinski definition) is 1. The van der Waals surface area contributed by atoms with Gasteiger partial charge >= 0.3 is 0 Å². The molecule has 0 saturated heterocycles. The highest BCUT2D eigenvalue weighted by atomic mass is 32.2. The van der Waals surface area contributed by atoms with Gasteiger partial charge in [-0.1, -0.05) is 17.8 Å². The molecule has 3 heterocycles. The Balaban J connectivity index is 1.48. The van der Waals surface area contributed by atoms with E-state index in [-0.39, 0.29) is 5.91 Å². The van der Waals surface area contributed by atoms with Crippen molar-refractivity contribution < 1.29 is 4.79 Å². The van der Waals surface area contributed by atoms with Gasteiger partial charge in [0.1, 0.15) is 0 Å². The van der Waals surface area contributed by atoms with E-state index in [4.69, 9.17) is 0 Å². The Morgan fingerprint density at radius 2 is 2.19 bits per heavy atom. The van der Waals surface area contributed by atoms with Crippen LogP contribution in [-0.4, -0.2) is 25.7 Å². The Bertz CT molecular complexity index is 1080. The molecule has 0 bridgehead atoms. The van der Waals surface area contributed by atoms with Crippen LogP contribution in [0, 0.1) is 6.92 Å². The molecule has 0 aliphatic rings. The van der Waals surface area contributed by atoms with Gasteiger partial charge < -0.3 is 5.32 Å². The Labute approximate surface area is 164 Å². The minimum atomic E-state index is -0.214. The number of thioether (sulfide) groups is 1. The van der Waals surface area contributed by atoms with E-state index in [9.17, 15) is 4.79 Å². The molecule has 0 unspecified atom stereocenters. The highest BCUT2D eigenvalue weighted by Gasteiger charge is 2.12. The first-order chi connectivity index (χ1) is 13.1. The molecule has 1 aromatic carbocycles. The number of carbonyl (C=O) groups excluding carboxylic acids is 1. The smallest absolute Gasteiger partial charge is 0.276 e. The van der Waals surface area contributed by atoms with E-state index < -0.39 is 0 Å². The van der Waals surface area contributed by atoms with Crippen molar-refractivity contribution >= 4 is 44.9 Å². The Morgan fingerprint density at radius 3 is 2.93 bits per heavy atom. The number of aryl methyl sites for hydroxylation is 2. The summed E-state index contributed by atoms with van der Waals surface area (Å²) >= 11 is 3.31. The third-order valence-corrected chi connectivity index (χ3v) is 6.29. The second kappa shape index (κ2) is 7.50. The average Bonchev–Trinajstić information content (AvgIpc) is 3.23. The fourth-order valence-electron chi connectivity index (χ4n) is 2.54. The van der Waals surface area contributed by atoms with Crippen LogP contribution in [0.2, 0.25) is 0 Å². The highest BCUT2D eigenvalue weighted by molar-refractivity contribution is 8.00. The van der Waals surface area contributed by atoms with Crippen LogP contribution in [0.4, 0.5) is 5.69 Å². The summed E-state index contributed by atoms with van der Waals surface area (Å²) in [6.07, 6.45) is 3.64. The van der Waals surface area contributed by atoms with Gasteiger partial charge in [0.05, 0.1) is 10.2 Å². The molecule has 0 saturated carbocycles. The van der Waals surface area contributed by atoms with Crippen molar-refractivity contribution in [1.82, 2.24) is 19.7 Å². The summed E-state index contributed by atoms with van der Waals surface area (Å²) in [7, 11) is 1.82. The zero-order valence-corrected chi connectivity index (χ0v) is 16.5. The first-order valence-electron chi connectivity index (χ1n) is 8.33. The number of benzene rings is 1. The Kier molecular flexibility index (Phi) is 4.91. The maximum absolute atomic E-state index is 12.4. The molecule has 0 fully saturated rings. The van der Waals surface area contributed by atoms with Crippen LogP contribution in [0.1, 0.15) is 21.7 Å². The van der Waals surface area contributed by atoms with E-state index in [0.29, 0.717) is 5.69 Å². The Morgan fingerprint density at radius 1 is 1.30 bits per heavy atom. The van der Waals surface area contributed by atoms with Gasteiger partial charge in [0, 0.05) is 36.6 Å². The number of rotatable bonds is 5. The number of nitrogens with one attached hydrogen (secondary N) is 1. The lowest BCUT2D eigenvalue weighted by atomic mass is 10.3. The molecule has 4 rings (SSSR count). The molecule has 0 aliphatic carbocycles.